The van der Waals surface area contributed by atoms with Gasteiger partial charge in [-0.15, -0.1) is 12.4 Å². The zero-order valence-electron chi connectivity index (χ0n) is 12.8. The number of nitrogens with one attached hydrogen (secondary N) is 1. The monoisotopic (exact) mass is 305 g/mol. The van der Waals surface area contributed by atoms with Gasteiger partial charge in [-0.1, -0.05) is 12.1 Å². The molecule has 1 N–H and O–H groups in total. The second-order valence-electron chi connectivity index (χ2n) is 5.85. The van der Waals surface area contributed by atoms with Crippen molar-refractivity contribution >= 4 is 23.3 Å². The second-order valence-corrected chi connectivity index (χ2v) is 5.85. The molecular weight excluding hydrogens is 282 g/mol. The average molecular weight is 306 g/mol. The number of halogens is 1. The maximum absolute atomic E-state index is 4.47. The van der Waals surface area contributed by atoms with Gasteiger partial charge in [-0.2, -0.15) is 0 Å². The third-order valence-corrected chi connectivity index (χ3v) is 4.28. The van der Waals surface area contributed by atoms with Crippen LogP contribution in [0.5, 0.6) is 0 Å². The van der Waals surface area contributed by atoms with Crippen molar-refractivity contribution in [3.05, 3.63) is 41.6 Å². The topological polar surface area (TPSA) is 28.2 Å². The van der Waals surface area contributed by atoms with Gasteiger partial charge in [0.15, 0.2) is 0 Å². The summed E-state index contributed by atoms with van der Waals surface area (Å²) in [6, 6.07) is 9.40. The van der Waals surface area contributed by atoms with E-state index in [4.69, 9.17) is 0 Å². The summed E-state index contributed by atoms with van der Waals surface area (Å²) in [5.41, 5.74) is 3.81. The van der Waals surface area contributed by atoms with Gasteiger partial charge in [0.05, 0.1) is 5.52 Å². The molecule has 1 aromatic carbocycles. The van der Waals surface area contributed by atoms with Gasteiger partial charge in [-0.05, 0) is 56.6 Å². The van der Waals surface area contributed by atoms with Crippen LogP contribution in [-0.4, -0.2) is 36.1 Å². The van der Waals surface area contributed by atoms with Crippen LogP contribution in [-0.2, 0) is 6.54 Å². The minimum atomic E-state index is 0. The van der Waals surface area contributed by atoms with Crippen molar-refractivity contribution in [3.8, 4) is 0 Å². The predicted molar refractivity (Wildman–Crippen MR) is 91.1 cm³/mol. The van der Waals surface area contributed by atoms with Crippen molar-refractivity contribution < 1.29 is 0 Å². The molecule has 1 aliphatic rings. The van der Waals surface area contributed by atoms with Gasteiger partial charge in [0, 0.05) is 30.7 Å². The predicted octanol–water partition coefficient (Wildman–Crippen LogP) is 3.15. The highest BCUT2D eigenvalue weighted by atomic mass is 35.5. The number of hydrogen-bond donors (Lipinski definition) is 1. The van der Waals surface area contributed by atoms with Crippen LogP contribution in [0.4, 0.5) is 0 Å². The molecule has 0 saturated carbocycles. The summed E-state index contributed by atoms with van der Waals surface area (Å²) in [5.74, 6) is 0. The number of nitrogens with zero attached hydrogens (tertiary/aromatic N) is 2. The number of rotatable bonds is 3. The van der Waals surface area contributed by atoms with Gasteiger partial charge in [0.2, 0.25) is 0 Å². The maximum atomic E-state index is 4.47. The molecule has 114 valence electrons. The van der Waals surface area contributed by atoms with E-state index >= 15 is 0 Å². The molecule has 1 saturated heterocycles. The van der Waals surface area contributed by atoms with Crippen molar-refractivity contribution in [2.24, 2.45) is 0 Å². The van der Waals surface area contributed by atoms with Gasteiger partial charge >= 0.3 is 0 Å². The number of fused-ring (bicyclic) bond motifs is 1. The first-order chi connectivity index (χ1) is 9.76. The Hall–Kier alpha value is -1.16. The lowest BCUT2D eigenvalue weighted by atomic mass is 10.0. The number of piperidine rings is 1. The van der Waals surface area contributed by atoms with E-state index in [0.29, 0.717) is 6.04 Å². The van der Waals surface area contributed by atoms with E-state index in [1.807, 2.05) is 12.3 Å². The van der Waals surface area contributed by atoms with E-state index < -0.39 is 0 Å². The Morgan fingerprint density at radius 1 is 1.38 bits per heavy atom. The second kappa shape index (κ2) is 7.21. The molecule has 0 bridgehead atoms. The van der Waals surface area contributed by atoms with Crippen LogP contribution < -0.4 is 5.32 Å². The van der Waals surface area contributed by atoms with Gasteiger partial charge in [0.25, 0.3) is 0 Å². The number of benzene rings is 1. The van der Waals surface area contributed by atoms with Crippen LogP contribution in [0, 0.1) is 6.92 Å². The van der Waals surface area contributed by atoms with E-state index in [1.54, 1.807) is 0 Å². The molecule has 21 heavy (non-hydrogen) atoms. The molecule has 1 fully saturated rings. The number of aryl methyl sites for hydroxylation is 1. The zero-order chi connectivity index (χ0) is 13.9. The molecule has 1 atom stereocenters. The molecule has 0 radical (unpaired) electrons. The summed E-state index contributed by atoms with van der Waals surface area (Å²) in [6.45, 7) is 5.57. The van der Waals surface area contributed by atoms with Crippen LogP contribution >= 0.6 is 12.4 Å². The fourth-order valence-electron chi connectivity index (χ4n) is 3.24. The number of likely N-dealkylation sites (tertiary alicyclic amines) is 1. The Morgan fingerprint density at radius 2 is 2.24 bits per heavy atom. The van der Waals surface area contributed by atoms with E-state index in [-0.39, 0.29) is 12.4 Å². The molecule has 2 aromatic rings. The van der Waals surface area contributed by atoms with Gasteiger partial charge in [-0.25, -0.2) is 0 Å². The number of hydrogen-bond acceptors (Lipinski definition) is 3. The highest BCUT2D eigenvalue weighted by Crippen LogP contribution is 2.20. The van der Waals surface area contributed by atoms with Crippen molar-refractivity contribution in [2.75, 3.05) is 20.1 Å². The highest BCUT2D eigenvalue weighted by Gasteiger charge is 2.18. The first-order valence-electron chi connectivity index (χ1n) is 7.50. The lowest BCUT2D eigenvalue weighted by Crippen LogP contribution is -2.43. The minimum Gasteiger partial charge on any atom is -0.316 e. The van der Waals surface area contributed by atoms with Crippen LogP contribution in [0.25, 0.3) is 10.9 Å². The smallest absolute Gasteiger partial charge is 0.0731 e. The van der Waals surface area contributed by atoms with Gasteiger partial charge in [0.1, 0.15) is 0 Å². The zero-order valence-corrected chi connectivity index (χ0v) is 13.6. The van der Waals surface area contributed by atoms with E-state index in [1.165, 1.54) is 35.9 Å². The molecule has 3 nitrogen and oxygen atoms in total. The first-order valence-corrected chi connectivity index (χ1v) is 7.50. The molecular formula is C17H24ClN3. The molecule has 1 aliphatic heterocycles. The van der Waals surface area contributed by atoms with E-state index in [2.05, 4.69) is 47.4 Å². The van der Waals surface area contributed by atoms with Crippen LogP contribution in [0.3, 0.4) is 0 Å². The maximum Gasteiger partial charge on any atom is 0.0731 e. The lowest BCUT2D eigenvalue weighted by Gasteiger charge is -2.32. The molecule has 3 rings (SSSR count). The standard InChI is InChI=1S/C17H23N3.ClH/c1-13-9-14(10-15-5-3-7-19-17(13)15)11-20-8-4-6-16(12-20)18-2;/h3,5,7,9-10,16,18H,4,6,8,11-12H2,1-2H3;1H. The molecule has 0 amide bonds. The fraction of sp³-hybridized carbons (Fsp3) is 0.471. The Morgan fingerprint density at radius 3 is 3.05 bits per heavy atom. The van der Waals surface area contributed by atoms with Crippen molar-refractivity contribution in [1.29, 1.82) is 0 Å². The summed E-state index contributed by atoms with van der Waals surface area (Å²) in [6.07, 6.45) is 4.46. The SMILES string of the molecule is CNC1CCCN(Cc2cc(C)c3ncccc3c2)C1.Cl. The largest absolute Gasteiger partial charge is 0.316 e. The number of likely N-dealkylation sites (N-methyl/N-ethyl adjacent to an activating group) is 1. The third-order valence-electron chi connectivity index (χ3n) is 4.28. The summed E-state index contributed by atoms with van der Waals surface area (Å²) in [5, 5.41) is 4.66. The molecule has 2 heterocycles. The Labute approximate surface area is 133 Å². The number of pyridine rings is 1. The van der Waals surface area contributed by atoms with Crippen molar-refractivity contribution in [2.45, 2.75) is 32.4 Å². The lowest BCUT2D eigenvalue weighted by molar-refractivity contribution is 0.188. The quantitative estimate of drug-likeness (QED) is 0.944. The first kappa shape index (κ1) is 16.2. The highest BCUT2D eigenvalue weighted by molar-refractivity contribution is 5.85. The summed E-state index contributed by atoms with van der Waals surface area (Å²) >= 11 is 0. The summed E-state index contributed by atoms with van der Waals surface area (Å²) < 4.78 is 0. The fourth-order valence-corrected chi connectivity index (χ4v) is 3.24. The van der Waals surface area contributed by atoms with Crippen molar-refractivity contribution in [1.82, 2.24) is 15.2 Å². The molecule has 0 aliphatic carbocycles. The summed E-state index contributed by atoms with van der Waals surface area (Å²) in [4.78, 5) is 7.03. The Kier molecular flexibility index (Phi) is 5.57. The Bertz CT molecular complexity index is 600. The minimum absolute atomic E-state index is 0. The van der Waals surface area contributed by atoms with Crippen molar-refractivity contribution in [3.63, 3.8) is 0 Å². The van der Waals surface area contributed by atoms with Crippen LogP contribution in [0.2, 0.25) is 0 Å². The van der Waals surface area contributed by atoms with E-state index in [9.17, 15) is 0 Å². The third kappa shape index (κ3) is 3.73. The van der Waals surface area contributed by atoms with Crippen LogP contribution in [0.1, 0.15) is 24.0 Å². The molecule has 1 aromatic heterocycles. The molecule has 0 spiro atoms. The van der Waals surface area contributed by atoms with E-state index in [0.717, 1.165) is 18.6 Å². The van der Waals surface area contributed by atoms with Gasteiger partial charge in [-0.3, -0.25) is 9.88 Å². The molecule has 4 heteroatoms. The molecule has 1 unspecified atom stereocenters. The average Bonchev–Trinajstić information content (AvgIpc) is 2.47. The summed E-state index contributed by atoms with van der Waals surface area (Å²) in [7, 11) is 2.07. The normalized spacial score (nSPS) is 19.4. The Balaban J connectivity index is 0.00000161. The van der Waals surface area contributed by atoms with Crippen LogP contribution in [0.15, 0.2) is 30.5 Å². The van der Waals surface area contributed by atoms with Gasteiger partial charge < -0.3 is 5.32 Å². The number of aromatic nitrogens is 1.